The summed E-state index contributed by atoms with van der Waals surface area (Å²) >= 11 is 0. The molecule has 3 N–H and O–H groups in total. The van der Waals surface area contributed by atoms with Gasteiger partial charge in [-0.05, 0) is 66.4 Å². The molecule has 0 radical (unpaired) electrons. The molecule has 1 heterocycles. The molecular weight excluding hydrogens is 459 g/mol. The Morgan fingerprint density at radius 2 is 1.69 bits per heavy atom. The van der Waals surface area contributed by atoms with Gasteiger partial charge in [-0.25, -0.2) is 9.18 Å². The fraction of sp³-hybridized carbons (Fsp3) is 0.250. The number of carbonyl (C=O) groups excluding carboxylic acids is 3. The van der Waals surface area contributed by atoms with E-state index < -0.39 is 12.1 Å². The van der Waals surface area contributed by atoms with Crippen molar-refractivity contribution in [2.24, 2.45) is 0 Å². The van der Waals surface area contributed by atoms with Gasteiger partial charge in [0.1, 0.15) is 11.9 Å². The highest BCUT2D eigenvalue weighted by Gasteiger charge is 2.25. The van der Waals surface area contributed by atoms with E-state index in [0.717, 1.165) is 23.2 Å². The highest BCUT2D eigenvalue weighted by atomic mass is 19.1. The third-order valence-electron chi connectivity index (χ3n) is 6.10. The van der Waals surface area contributed by atoms with Gasteiger partial charge in [0.25, 0.3) is 5.91 Å². The van der Waals surface area contributed by atoms with Gasteiger partial charge in [0.05, 0.1) is 0 Å². The summed E-state index contributed by atoms with van der Waals surface area (Å²) in [6, 6.07) is 19.2. The lowest BCUT2D eigenvalue weighted by molar-refractivity contribution is -0.118. The Bertz CT molecular complexity index is 1230. The van der Waals surface area contributed by atoms with Crippen molar-refractivity contribution < 1.29 is 18.8 Å². The van der Waals surface area contributed by atoms with Crippen molar-refractivity contribution in [2.45, 2.75) is 38.8 Å². The van der Waals surface area contributed by atoms with Crippen LogP contribution in [0.5, 0.6) is 0 Å². The van der Waals surface area contributed by atoms with Crippen molar-refractivity contribution in [1.29, 1.82) is 0 Å². The molecule has 4 amide bonds. The molecule has 0 aliphatic carbocycles. The van der Waals surface area contributed by atoms with Crippen LogP contribution in [0.25, 0.3) is 0 Å². The third-order valence-corrected chi connectivity index (χ3v) is 6.10. The Balaban J connectivity index is 1.33. The number of carbonyl (C=O) groups is 3. The summed E-state index contributed by atoms with van der Waals surface area (Å²) in [6.45, 7) is 2.78. The van der Waals surface area contributed by atoms with Crippen molar-refractivity contribution in [3.8, 4) is 0 Å². The van der Waals surface area contributed by atoms with E-state index in [4.69, 9.17) is 0 Å². The lowest BCUT2D eigenvalue weighted by Gasteiger charge is -2.19. The van der Waals surface area contributed by atoms with Crippen LogP contribution < -0.4 is 20.9 Å². The SMILES string of the molecule is CCCC(NC(=O)NCc1ccc(F)cc1)C(=O)Nc1ccc(C(=O)N2CCc3ccccc32)cc1. The smallest absolute Gasteiger partial charge is 0.315 e. The van der Waals surface area contributed by atoms with E-state index in [9.17, 15) is 18.8 Å². The van der Waals surface area contributed by atoms with Crippen molar-refractivity contribution in [2.75, 3.05) is 16.8 Å². The predicted octanol–water partition coefficient (Wildman–Crippen LogP) is 4.64. The Morgan fingerprint density at radius 1 is 0.972 bits per heavy atom. The average molecular weight is 489 g/mol. The lowest BCUT2D eigenvalue weighted by Crippen LogP contribution is -2.47. The first-order valence-electron chi connectivity index (χ1n) is 12.0. The van der Waals surface area contributed by atoms with Gasteiger partial charge < -0.3 is 20.9 Å². The first-order valence-corrected chi connectivity index (χ1v) is 12.0. The largest absolute Gasteiger partial charge is 0.334 e. The number of urea groups is 1. The van der Waals surface area contributed by atoms with Crippen LogP contribution in [0, 0.1) is 5.82 Å². The molecule has 0 fully saturated rings. The van der Waals surface area contributed by atoms with Crippen LogP contribution in [0.1, 0.15) is 41.3 Å². The van der Waals surface area contributed by atoms with Crippen LogP contribution in [-0.2, 0) is 17.8 Å². The van der Waals surface area contributed by atoms with Crippen LogP contribution in [0.2, 0.25) is 0 Å². The second-order valence-electron chi connectivity index (χ2n) is 8.70. The Labute approximate surface area is 209 Å². The van der Waals surface area contributed by atoms with Gasteiger partial charge in [0.2, 0.25) is 5.91 Å². The van der Waals surface area contributed by atoms with Crippen molar-refractivity contribution >= 4 is 29.2 Å². The second kappa shape index (κ2) is 11.5. The molecular formula is C28H29FN4O3. The van der Waals surface area contributed by atoms with Crippen molar-refractivity contribution in [3.05, 3.63) is 95.3 Å². The van der Waals surface area contributed by atoms with Crippen LogP contribution >= 0.6 is 0 Å². The van der Waals surface area contributed by atoms with Gasteiger partial charge in [-0.2, -0.15) is 0 Å². The number of nitrogens with one attached hydrogen (secondary N) is 3. The summed E-state index contributed by atoms with van der Waals surface area (Å²) < 4.78 is 13.0. The highest BCUT2D eigenvalue weighted by Crippen LogP contribution is 2.29. The molecule has 0 spiro atoms. The van der Waals surface area contributed by atoms with E-state index in [1.807, 2.05) is 31.2 Å². The lowest BCUT2D eigenvalue weighted by atomic mass is 10.1. The monoisotopic (exact) mass is 488 g/mol. The Morgan fingerprint density at radius 3 is 2.42 bits per heavy atom. The fourth-order valence-corrected chi connectivity index (χ4v) is 4.18. The van der Waals surface area contributed by atoms with Crippen LogP contribution in [-0.4, -0.2) is 30.4 Å². The van der Waals surface area contributed by atoms with Gasteiger partial charge >= 0.3 is 6.03 Å². The van der Waals surface area contributed by atoms with E-state index in [-0.39, 0.29) is 24.2 Å². The molecule has 36 heavy (non-hydrogen) atoms. The number of anilines is 2. The number of hydrogen-bond acceptors (Lipinski definition) is 3. The number of halogens is 1. The molecule has 0 bridgehead atoms. The van der Waals surface area contributed by atoms with Gasteiger partial charge in [0, 0.05) is 30.0 Å². The quantitative estimate of drug-likeness (QED) is 0.432. The molecule has 186 valence electrons. The average Bonchev–Trinajstić information content (AvgIpc) is 3.32. The number of benzene rings is 3. The topological polar surface area (TPSA) is 90.5 Å². The normalized spacial score (nSPS) is 13.0. The second-order valence-corrected chi connectivity index (χ2v) is 8.70. The molecule has 1 aliphatic heterocycles. The van der Waals surface area contributed by atoms with E-state index in [1.165, 1.54) is 12.1 Å². The summed E-state index contributed by atoms with van der Waals surface area (Å²) in [6.07, 6.45) is 1.99. The van der Waals surface area contributed by atoms with Gasteiger partial charge in [0.15, 0.2) is 0 Å². The van der Waals surface area contributed by atoms with Crippen LogP contribution in [0.3, 0.4) is 0 Å². The minimum Gasteiger partial charge on any atom is -0.334 e. The molecule has 7 nitrogen and oxygen atoms in total. The summed E-state index contributed by atoms with van der Waals surface area (Å²) in [5, 5.41) is 8.20. The summed E-state index contributed by atoms with van der Waals surface area (Å²) in [5.74, 6) is -0.774. The van der Waals surface area contributed by atoms with Gasteiger partial charge in [-0.3, -0.25) is 9.59 Å². The maximum absolute atomic E-state index is 13.0. The first-order chi connectivity index (χ1) is 17.4. The molecule has 0 saturated heterocycles. The zero-order valence-corrected chi connectivity index (χ0v) is 20.1. The third kappa shape index (κ3) is 6.07. The standard InChI is InChI=1S/C28H29FN4O3/c1-2-5-24(32-28(36)30-18-19-8-12-22(29)13-9-19)26(34)31-23-14-10-21(11-15-23)27(35)33-17-16-20-6-3-4-7-25(20)33/h3-4,6-15,24H,2,5,16-18H2,1H3,(H,31,34)(H2,30,32,36). The summed E-state index contributed by atoms with van der Waals surface area (Å²) in [7, 11) is 0. The Hall–Kier alpha value is -4.20. The van der Waals surface area contributed by atoms with Crippen molar-refractivity contribution in [3.63, 3.8) is 0 Å². The zero-order valence-electron chi connectivity index (χ0n) is 20.1. The zero-order chi connectivity index (χ0) is 25.5. The van der Waals surface area contributed by atoms with Gasteiger partial charge in [-0.1, -0.05) is 43.7 Å². The molecule has 3 aromatic rings. The van der Waals surface area contributed by atoms with E-state index in [1.54, 1.807) is 41.3 Å². The van der Waals surface area contributed by atoms with Gasteiger partial charge in [-0.15, -0.1) is 0 Å². The molecule has 1 unspecified atom stereocenters. The number of para-hydroxylation sites is 1. The number of nitrogens with zero attached hydrogens (tertiary/aromatic N) is 1. The van der Waals surface area contributed by atoms with Crippen molar-refractivity contribution in [1.82, 2.24) is 10.6 Å². The van der Waals surface area contributed by atoms with Crippen LogP contribution in [0.4, 0.5) is 20.6 Å². The molecule has 3 aromatic carbocycles. The minimum absolute atomic E-state index is 0.0822. The summed E-state index contributed by atoms with van der Waals surface area (Å²) in [5.41, 5.74) is 3.91. The first kappa shape index (κ1) is 24.9. The van der Waals surface area contributed by atoms with E-state index >= 15 is 0 Å². The fourth-order valence-electron chi connectivity index (χ4n) is 4.18. The Kier molecular flexibility index (Phi) is 7.95. The number of rotatable bonds is 8. The molecule has 0 aromatic heterocycles. The molecule has 1 aliphatic rings. The number of fused-ring (bicyclic) bond motifs is 1. The number of amides is 4. The highest BCUT2D eigenvalue weighted by molar-refractivity contribution is 6.07. The molecule has 1 atom stereocenters. The molecule has 0 saturated carbocycles. The maximum atomic E-state index is 13.0. The summed E-state index contributed by atoms with van der Waals surface area (Å²) in [4.78, 5) is 40.0. The van der Waals surface area contributed by atoms with E-state index in [0.29, 0.717) is 30.6 Å². The van der Waals surface area contributed by atoms with Crippen LogP contribution in [0.15, 0.2) is 72.8 Å². The molecule has 4 rings (SSSR count). The van der Waals surface area contributed by atoms with E-state index in [2.05, 4.69) is 16.0 Å². The minimum atomic E-state index is -0.731. The predicted molar refractivity (Wildman–Crippen MR) is 137 cm³/mol. The number of hydrogen-bond donors (Lipinski definition) is 3. The molecule has 8 heteroatoms. The maximum Gasteiger partial charge on any atom is 0.315 e.